The Balaban J connectivity index is 1.45. The third-order valence-electron chi connectivity index (χ3n) is 6.43. The van der Waals surface area contributed by atoms with Crippen LogP contribution in [0.2, 0.25) is 0 Å². The van der Waals surface area contributed by atoms with Crippen molar-refractivity contribution in [2.45, 2.75) is 31.6 Å². The van der Waals surface area contributed by atoms with Crippen LogP contribution in [0.4, 0.5) is 5.82 Å². The highest BCUT2D eigenvalue weighted by Gasteiger charge is 2.30. The number of carbonyl (C=O) groups is 1. The van der Waals surface area contributed by atoms with Gasteiger partial charge in [-0.15, -0.1) is 0 Å². The van der Waals surface area contributed by atoms with E-state index in [0.717, 1.165) is 59.8 Å². The minimum Gasteiger partial charge on any atom is -0.457 e. The van der Waals surface area contributed by atoms with Gasteiger partial charge < -0.3 is 15.8 Å². The molecule has 2 aromatic carbocycles. The second-order valence-electron chi connectivity index (χ2n) is 8.45. The van der Waals surface area contributed by atoms with Gasteiger partial charge in [-0.2, -0.15) is 0 Å². The second kappa shape index (κ2) is 8.94. The summed E-state index contributed by atoms with van der Waals surface area (Å²) < 4.78 is 7.99. The zero-order valence-electron chi connectivity index (χ0n) is 18.6. The third-order valence-corrected chi connectivity index (χ3v) is 6.43. The van der Waals surface area contributed by atoms with Crippen LogP contribution in [-0.2, 0) is 4.79 Å². The Morgan fingerprint density at radius 2 is 1.73 bits per heavy atom. The fourth-order valence-electron chi connectivity index (χ4n) is 4.70. The standard InChI is InChI=1S/C26H27N5O2/c1-28-26(32)19-9-7-18(8-10-19)25-30-22(23-24(27)29-15-16-31(23)25)17-11-13-21(14-12-17)33-20-5-3-2-4-6-20/h2-6,11-16,18-19H,7-10H2,1H3,(H2,27,29)(H,28,32). The van der Waals surface area contributed by atoms with Crippen molar-refractivity contribution in [1.82, 2.24) is 19.7 Å². The number of anilines is 1. The number of hydrogen-bond donors (Lipinski definition) is 2. The van der Waals surface area contributed by atoms with Crippen molar-refractivity contribution in [3.05, 3.63) is 72.8 Å². The molecule has 0 spiro atoms. The van der Waals surface area contributed by atoms with Crippen LogP contribution in [0.1, 0.15) is 37.4 Å². The normalized spacial score (nSPS) is 18.2. The topological polar surface area (TPSA) is 94.5 Å². The number of aromatic nitrogens is 3. The highest BCUT2D eigenvalue weighted by atomic mass is 16.5. The maximum absolute atomic E-state index is 12.0. The predicted molar refractivity (Wildman–Crippen MR) is 128 cm³/mol. The minimum atomic E-state index is 0.0841. The molecule has 0 unspecified atom stereocenters. The number of nitrogens with two attached hydrogens (primary N) is 1. The zero-order chi connectivity index (χ0) is 22.8. The Morgan fingerprint density at radius 1 is 1.03 bits per heavy atom. The molecule has 168 valence electrons. The molecule has 2 aromatic heterocycles. The summed E-state index contributed by atoms with van der Waals surface area (Å²) in [5, 5.41) is 2.78. The molecule has 4 aromatic rings. The van der Waals surface area contributed by atoms with E-state index in [0.29, 0.717) is 5.82 Å². The SMILES string of the molecule is CNC(=O)C1CCC(c2nc(-c3ccc(Oc4ccccc4)cc3)c3c(N)nccn23)CC1. The van der Waals surface area contributed by atoms with E-state index in [-0.39, 0.29) is 17.7 Å². The van der Waals surface area contributed by atoms with Crippen molar-refractivity contribution < 1.29 is 9.53 Å². The molecule has 1 fully saturated rings. The summed E-state index contributed by atoms with van der Waals surface area (Å²) >= 11 is 0. The molecule has 0 saturated heterocycles. The average molecular weight is 442 g/mol. The van der Waals surface area contributed by atoms with Crippen LogP contribution in [0.25, 0.3) is 16.8 Å². The molecule has 5 rings (SSSR count). The van der Waals surface area contributed by atoms with Crippen LogP contribution in [-0.4, -0.2) is 27.3 Å². The number of nitrogens with one attached hydrogen (secondary N) is 1. The molecule has 0 atom stereocenters. The van der Waals surface area contributed by atoms with Crippen molar-refractivity contribution in [1.29, 1.82) is 0 Å². The van der Waals surface area contributed by atoms with Crippen LogP contribution < -0.4 is 15.8 Å². The van der Waals surface area contributed by atoms with Gasteiger partial charge in [0.05, 0.1) is 0 Å². The van der Waals surface area contributed by atoms with E-state index in [9.17, 15) is 4.79 Å². The van der Waals surface area contributed by atoms with Gasteiger partial charge in [-0.3, -0.25) is 9.20 Å². The lowest BCUT2D eigenvalue weighted by Gasteiger charge is -2.26. The Labute approximate surface area is 192 Å². The summed E-state index contributed by atoms with van der Waals surface area (Å²) in [5.41, 5.74) is 8.89. The van der Waals surface area contributed by atoms with E-state index >= 15 is 0 Å². The van der Waals surface area contributed by atoms with Gasteiger partial charge in [0.2, 0.25) is 5.91 Å². The van der Waals surface area contributed by atoms with Crippen LogP contribution >= 0.6 is 0 Å². The van der Waals surface area contributed by atoms with Gasteiger partial charge in [-0.05, 0) is 62.1 Å². The molecule has 1 saturated carbocycles. The molecule has 3 N–H and O–H groups in total. The first-order chi connectivity index (χ1) is 16.1. The maximum atomic E-state index is 12.0. The van der Waals surface area contributed by atoms with Gasteiger partial charge in [0.15, 0.2) is 0 Å². The van der Waals surface area contributed by atoms with Gasteiger partial charge >= 0.3 is 0 Å². The molecule has 1 aliphatic carbocycles. The number of rotatable bonds is 5. The number of nitrogens with zero attached hydrogens (tertiary/aromatic N) is 3. The highest BCUT2D eigenvalue weighted by molar-refractivity contribution is 5.85. The van der Waals surface area contributed by atoms with Gasteiger partial charge in [0, 0.05) is 36.8 Å². The molecular formula is C26H27N5O2. The molecule has 0 bridgehead atoms. The van der Waals surface area contributed by atoms with E-state index in [1.807, 2.05) is 60.8 Å². The molecule has 0 radical (unpaired) electrons. The van der Waals surface area contributed by atoms with Crippen LogP contribution in [0.5, 0.6) is 11.5 Å². The number of carbonyl (C=O) groups excluding carboxylic acids is 1. The number of ether oxygens (including phenoxy) is 1. The van der Waals surface area contributed by atoms with E-state index < -0.39 is 0 Å². The van der Waals surface area contributed by atoms with Gasteiger partial charge in [0.25, 0.3) is 0 Å². The fourth-order valence-corrected chi connectivity index (χ4v) is 4.70. The lowest BCUT2D eigenvalue weighted by molar-refractivity contribution is -0.125. The number of para-hydroxylation sites is 1. The zero-order valence-corrected chi connectivity index (χ0v) is 18.6. The first kappa shape index (κ1) is 21.0. The molecule has 33 heavy (non-hydrogen) atoms. The number of fused-ring (bicyclic) bond motifs is 1. The Hall–Kier alpha value is -3.87. The number of hydrogen-bond acceptors (Lipinski definition) is 5. The van der Waals surface area contributed by atoms with E-state index in [1.54, 1.807) is 13.2 Å². The lowest BCUT2D eigenvalue weighted by atomic mass is 9.81. The largest absolute Gasteiger partial charge is 0.457 e. The number of amides is 1. The fraction of sp³-hybridized carbons (Fsp3) is 0.269. The van der Waals surface area contributed by atoms with Crippen LogP contribution in [0.15, 0.2) is 67.0 Å². The molecule has 1 amide bonds. The Morgan fingerprint density at radius 3 is 2.42 bits per heavy atom. The van der Waals surface area contributed by atoms with Gasteiger partial charge in [-0.25, -0.2) is 9.97 Å². The minimum absolute atomic E-state index is 0.0841. The summed E-state index contributed by atoms with van der Waals surface area (Å²) in [6.07, 6.45) is 7.20. The summed E-state index contributed by atoms with van der Waals surface area (Å²) in [6.45, 7) is 0. The van der Waals surface area contributed by atoms with Crippen LogP contribution in [0, 0.1) is 5.92 Å². The van der Waals surface area contributed by atoms with E-state index in [4.69, 9.17) is 15.5 Å². The molecule has 7 nitrogen and oxygen atoms in total. The lowest BCUT2D eigenvalue weighted by Crippen LogP contribution is -2.30. The first-order valence-electron chi connectivity index (χ1n) is 11.3. The third kappa shape index (κ3) is 4.14. The van der Waals surface area contributed by atoms with Crippen molar-refractivity contribution in [2.24, 2.45) is 5.92 Å². The molecular weight excluding hydrogens is 414 g/mol. The van der Waals surface area contributed by atoms with Crippen molar-refractivity contribution in [3.8, 4) is 22.8 Å². The number of imidazole rings is 1. The molecule has 1 aliphatic rings. The first-order valence-corrected chi connectivity index (χ1v) is 11.3. The maximum Gasteiger partial charge on any atom is 0.222 e. The summed E-state index contributed by atoms with van der Waals surface area (Å²) in [6, 6.07) is 17.6. The van der Waals surface area contributed by atoms with E-state index in [2.05, 4.69) is 14.7 Å². The van der Waals surface area contributed by atoms with Gasteiger partial charge in [-0.1, -0.05) is 18.2 Å². The summed E-state index contributed by atoms with van der Waals surface area (Å²) in [5.74, 6) is 3.47. The quantitative estimate of drug-likeness (QED) is 0.464. The summed E-state index contributed by atoms with van der Waals surface area (Å²) in [7, 11) is 1.70. The smallest absolute Gasteiger partial charge is 0.222 e. The molecule has 2 heterocycles. The van der Waals surface area contributed by atoms with Gasteiger partial charge in [0.1, 0.15) is 34.4 Å². The van der Waals surface area contributed by atoms with Crippen molar-refractivity contribution in [3.63, 3.8) is 0 Å². The van der Waals surface area contributed by atoms with E-state index in [1.165, 1.54) is 0 Å². The number of benzene rings is 2. The number of nitrogen functional groups attached to an aromatic ring is 1. The Kier molecular flexibility index (Phi) is 5.69. The second-order valence-corrected chi connectivity index (χ2v) is 8.45. The van der Waals surface area contributed by atoms with Crippen molar-refractivity contribution >= 4 is 17.2 Å². The highest BCUT2D eigenvalue weighted by Crippen LogP contribution is 2.39. The average Bonchev–Trinajstić information content (AvgIpc) is 3.26. The van der Waals surface area contributed by atoms with Crippen LogP contribution in [0.3, 0.4) is 0 Å². The summed E-state index contributed by atoms with van der Waals surface area (Å²) in [4.78, 5) is 21.4. The van der Waals surface area contributed by atoms with Crippen molar-refractivity contribution in [2.75, 3.05) is 12.8 Å². The molecule has 7 heteroatoms. The predicted octanol–water partition coefficient (Wildman–Crippen LogP) is 4.79. The Bertz CT molecular complexity index is 1260. The molecule has 0 aliphatic heterocycles. The monoisotopic (exact) mass is 441 g/mol.